The fourth-order valence-electron chi connectivity index (χ4n) is 2.44. The number of hydrogen-bond donors (Lipinski definition) is 1. The molecule has 20 heavy (non-hydrogen) atoms. The lowest BCUT2D eigenvalue weighted by molar-refractivity contribution is 0.113. The second-order valence-corrected chi connectivity index (χ2v) is 5.64. The van der Waals surface area contributed by atoms with Gasteiger partial charge in [0.05, 0.1) is 13.7 Å². The Bertz CT molecular complexity index is 415. The molecule has 0 saturated heterocycles. The van der Waals surface area contributed by atoms with Crippen LogP contribution in [0.5, 0.6) is 5.75 Å². The Kier molecular flexibility index (Phi) is 5.86. The van der Waals surface area contributed by atoms with Crippen molar-refractivity contribution in [3.05, 3.63) is 29.3 Å². The van der Waals surface area contributed by atoms with E-state index >= 15 is 0 Å². The monoisotopic (exact) mass is 277 g/mol. The van der Waals surface area contributed by atoms with Crippen molar-refractivity contribution in [3.63, 3.8) is 0 Å². The van der Waals surface area contributed by atoms with Crippen LogP contribution in [0.4, 0.5) is 0 Å². The number of rotatable bonds is 9. The summed E-state index contributed by atoms with van der Waals surface area (Å²) in [5, 5.41) is 3.44. The van der Waals surface area contributed by atoms with E-state index in [2.05, 4.69) is 31.3 Å². The van der Waals surface area contributed by atoms with Crippen LogP contribution in [0.1, 0.15) is 50.3 Å². The molecule has 1 unspecified atom stereocenters. The molecule has 3 nitrogen and oxygen atoms in total. The minimum atomic E-state index is 0.358. The highest BCUT2D eigenvalue weighted by Gasteiger charge is 2.20. The molecular weight excluding hydrogens is 250 g/mol. The summed E-state index contributed by atoms with van der Waals surface area (Å²) < 4.78 is 11.2. The quantitative estimate of drug-likeness (QED) is 0.698. The second kappa shape index (κ2) is 7.65. The van der Waals surface area contributed by atoms with Gasteiger partial charge >= 0.3 is 0 Å². The van der Waals surface area contributed by atoms with Crippen molar-refractivity contribution in [2.75, 3.05) is 20.3 Å². The molecule has 1 aromatic rings. The first-order chi connectivity index (χ1) is 9.74. The van der Waals surface area contributed by atoms with E-state index in [1.165, 1.54) is 24.8 Å². The van der Waals surface area contributed by atoms with Gasteiger partial charge in [-0.1, -0.05) is 25.8 Å². The zero-order valence-corrected chi connectivity index (χ0v) is 12.9. The van der Waals surface area contributed by atoms with E-state index in [-0.39, 0.29) is 0 Å². The van der Waals surface area contributed by atoms with Gasteiger partial charge in [-0.15, -0.1) is 0 Å². The Balaban J connectivity index is 1.93. The molecule has 0 heterocycles. The number of hydrogen-bond acceptors (Lipinski definition) is 3. The van der Waals surface area contributed by atoms with Crippen LogP contribution in [0.15, 0.2) is 18.2 Å². The third-order valence-corrected chi connectivity index (χ3v) is 3.94. The third-order valence-electron chi connectivity index (χ3n) is 3.94. The molecule has 1 fully saturated rings. The van der Waals surface area contributed by atoms with Crippen LogP contribution in [0.3, 0.4) is 0 Å². The van der Waals surface area contributed by atoms with Crippen LogP contribution in [0, 0.1) is 5.92 Å². The predicted molar refractivity (Wildman–Crippen MR) is 82.1 cm³/mol. The fourth-order valence-corrected chi connectivity index (χ4v) is 2.44. The Morgan fingerprint density at radius 3 is 2.80 bits per heavy atom. The molecule has 3 heteroatoms. The van der Waals surface area contributed by atoms with Crippen molar-refractivity contribution in [2.24, 2.45) is 5.92 Å². The number of benzene rings is 1. The number of nitrogens with one attached hydrogen (secondary N) is 1. The summed E-state index contributed by atoms with van der Waals surface area (Å²) in [5.41, 5.74) is 2.43. The predicted octanol–water partition coefficient (Wildman–Crippen LogP) is 3.68. The van der Waals surface area contributed by atoms with Crippen LogP contribution in [0.2, 0.25) is 0 Å². The first kappa shape index (κ1) is 15.3. The third kappa shape index (κ3) is 4.50. The fraction of sp³-hybridized carbons (Fsp3) is 0.647. The summed E-state index contributed by atoms with van der Waals surface area (Å²) in [5.74, 6) is 1.85. The van der Waals surface area contributed by atoms with Crippen LogP contribution in [-0.4, -0.2) is 20.3 Å². The maximum absolute atomic E-state index is 5.81. The van der Waals surface area contributed by atoms with Gasteiger partial charge in [0.25, 0.3) is 0 Å². The molecule has 0 spiro atoms. The summed E-state index contributed by atoms with van der Waals surface area (Å²) in [6.07, 6.45) is 3.99. The molecule has 1 atom stereocenters. The molecular formula is C17H27NO2. The Labute approximate surface area is 122 Å². The van der Waals surface area contributed by atoms with Gasteiger partial charge in [-0.25, -0.2) is 0 Å². The molecule has 0 radical (unpaired) electrons. The summed E-state index contributed by atoms with van der Waals surface area (Å²) >= 11 is 0. The molecule has 1 saturated carbocycles. The number of ether oxygens (including phenoxy) is 2. The average Bonchev–Trinajstić information content (AvgIpc) is 3.28. The van der Waals surface area contributed by atoms with E-state index in [1.807, 2.05) is 6.07 Å². The zero-order chi connectivity index (χ0) is 14.4. The first-order valence-electron chi connectivity index (χ1n) is 7.72. The Hall–Kier alpha value is -1.06. The highest BCUT2D eigenvalue weighted by atomic mass is 16.5. The maximum atomic E-state index is 5.81. The van der Waals surface area contributed by atoms with Crippen molar-refractivity contribution >= 4 is 0 Å². The van der Waals surface area contributed by atoms with Crippen LogP contribution >= 0.6 is 0 Å². The maximum Gasteiger partial charge on any atom is 0.124 e. The Morgan fingerprint density at radius 1 is 1.35 bits per heavy atom. The van der Waals surface area contributed by atoms with Gasteiger partial charge in [0.2, 0.25) is 0 Å². The van der Waals surface area contributed by atoms with Gasteiger partial charge in [0.15, 0.2) is 0 Å². The summed E-state index contributed by atoms with van der Waals surface area (Å²) in [7, 11) is 1.72. The van der Waals surface area contributed by atoms with Crippen molar-refractivity contribution < 1.29 is 9.47 Å². The lowest BCUT2D eigenvalue weighted by Gasteiger charge is -2.16. The van der Waals surface area contributed by atoms with Gasteiger partial charge < -0.3 is 14.8 Å². The van der Waals surface area contributed by atoms with Crippen molar-refractivity contribution in [2.45, 2.75) is 45.8 Å². The SMILES string of the molecule is CCNC(C)c1ccc(OC)c(COCCC2CC2)c1. The standard InChI is InChI=1S/C17H27NO2/c1-4-18-13(2)15-7-8-17(19-3)16(11-15)12-20-10-9-14-5-6-14/h7-8,11,13-14,18H,4-6,9-10,12H2,1-3H3. The van der Waals surface area contributed by atoms with Crippen molar-refractivity contribution in [1.29, 1.82) is 0 Å². The van der Waals surface area contributed by atoms with Gasteiger partial charge in [-0.2, -0.15) is 0 Å². The van der Waals surface area contributed by atoms with Crippen LogP contribution in [-0.2, 0) is 11.3 Å². The Morgan fingerprint density at radius 2 is 2.15 bits per heavy atom. The summed E-state index contributed by atoms with van der Waals surface area (Å²) in [4.78, 5) is 0. The highest BCUT2D eigenvalue weighted by Crippen LogP contribution is 2.32. The van der Waals surface area contributed by atoms with Crippen LogP contribution in [0.25, 0.3) is 0 Å². The number of methoxy groups -OCH3 is 1. The molecule has 1 aliphatic carbocycles. The molecule has 1 aliphatic rings. The van der Waals surface area contributed by atoms with Gasteiger partial charge in [0, 0.05) is 18.2 Å². The van der Waals surface area contributed by atoms with E-state index in [4.69, 9.17) is 9.47 Å². The molecule has 112 valence electrons. The minimum Gasteiger partial charge on any atom is -0.496 e. The van der Waals surface area contributed by atoms with E-state index in [0.29, 0.717) is 12.6 Å². The van der Waals surface area contributed by atoms with E-state index in [9.17, 15) is 0 Å². The van der Waals surface area contributed by atoms with Crippen LogP contribution < -0.4 is 10.1 Å². The van der Waals surface area contributed by atoms with Gasteiger partial charge in [-0.3, -0.25) is 0 Å². The van der Waals surface area contributed by atoms with Crippen molar-refractivity contribution in [1.82, 2.24) is 5.32 Å². The normalized spacial score (nSPS) is 16.1. The van der Waals surface area contributed by atoms with E-state index in [1.54, 1.807) is 7.11 Å². The largest absolute Gasteiger partial charge is 0.496 e. The summed E-state index contributed by atoms with van der Waals surface area (Å²) in [6.45, 7) is 6.79. The molecule has 0 aliphatic heterocycles. The summed E-state index contributed by atoms with van der Waals surface area (Å²) in [6, 6.07) is 6.72. The topological polar surface area (TPSA) is 30.5 Å². The zero-order valence-electron chi connectivity index (χ0n) is 12.9. The van der Waals surface area contributed by atoms with Crippen molar-refractivity contribution in [3.8, 4) is 5.75 Å². The lowest BCUT2D eigenvalue weighted by atomic mass is 10.0. The van der Waals surface area contributed by atoms with E-state index in [0.717, 1.165) is 30.4 Å². The molecule has 1 aromatic carbocycles. The highest BCUT2D eigenvalue weighted by molar-refractivity contribution is 5.38. The van der Waals surface area contributed by atoms with Gasteiger partial charge in [-0.05, 0) is 43.5 Å². The molecule has 0 aromatic heterocycles. The van der Waals surface area contributed by atoms with E-state index < -0.39 is 0 Å². The molecule has 0 amide bonds. The molecule has 1 N–H and O–H groups in total. The average molecular weight is 277 g/mol. The first-order valence-corrected chi connectivity index (χ1v) is 7.72. The molecule has 0 bridgehead atoms. The second-order valence-electron chi connectivity index (χ2n) is 5.64. The molecule has 2 rings (SSSR count). The smallest absolute Gasteiger partial charge is 0.124 e. The van der Waals surface area contributed by atoms with Gasteiger partial charge in [0.1, 0.15) is 5.75 Å². The minimum absolute atomic E-state index is 0.358. The lowest BCUT2D eigenvalue weighted by Crippen LogP contribution is -2.17.